The quantitative estimate of drug-likeness (QED) is 0.581. The first-order chi connectivity index (χ1) is 15.7. The molecule has 4 heterocycles. The molecule has 2 saturated heterocycles. The fourth-order valence-electron chi connectivity index (χ4n) is 4.54. The third-order valence-electron chi connectivity index (χ3n) is 6.15. The van der Waals surface area contributed by atoms with Gasteiger partial charge in [0, 0.05) is 44.3 Å². The molecule has 1 N–H and O–H groups in total. The monoisotopic (exact) mass is 451 g/mol. The van der Waals surface area contributed by atoms with E-state index >= 15 is 0 Å². The summed E-state index contributed by atoms with van der Waals surface area (Å²) in [5, 5.41) is 4.18. The minimum Gasteiger partial charge on any atom is -0.379 e. The van der Waals surface area contributed by atoms with E-state index < -0.39 is 0 Å². The van der Waals surface area contributed by atoms with E-state index in [0.717, 1.165) is 50.8 Å². The third kappa shape index (κ3) is 4.13. The summed E-state index contributed by atoms with van der Waals surface area (Å²) >= 11 is 5.78. The summed E-state index contributed by atoms with van der Waals surface area (Å²) in [4.78, 5) is 9.22. The second kappa shape index (κ2) is 9.36. The van der Waals surface area contributed by atoms with E-state index in [4.69, 9.17) is 17.0 Å². The van der Waals surface area contributed by atoms with Crippen molar-refractivity contribution in [3.05, 3.63) is 84.2 Å². The van der Waals surface area contributed by atoms with Crippen LogP contribution in [-0.4, -0.2) is 63.9 Å². The first-order valence-corrected chi connectivity index (χ1v) is 11.3. The van der Waals surface area contributed by atoms with Crippen molar-refractivity contribution in [1.82, 2.24) is 24.7 Å². The molecule has 0 aliphatic carbocycles. The lowest BCUT2D eigenvalue weighted by Crippen LogP contribution is -2.42. The van der Waals surface area contributed by atoms with Crippen molar-refractivity contribution in [3.8, 4) is 5.69 Å². The van der Waals surface area contributed by atoms with Gasteiger partial charge in [0.05, 0.1) is 36.7 Å². The zero-order chi connectivity index (χ0) is 21.9. The molecule has 0 saturated carbocycles. The number of pyridine rings is 1. The highest BCUT2D eigenvalue weighted by molar-refractivity contribution is 7.80. The topological polar surface area (TPSA) is 45.6 Å². The lowest BCUT2D eigenvalue weighted by Gasteiger charge is -2.32. The van der Waals surface area contributed by atoms with Gasteiger partial charge >= 0.3 is 0 Å². The van der Waals surface area contributed by atoms with Crippen LogP contribution in [0, 0.1) is 5.82 Å². The summed E-state index contributed by atoms with van der Waals surface area (Å²) in [6.45, 7) is 5.03. The Hall–Kier alpha value is -2.81. The molecule has 32 heavy (non-hydrogen) atoms. The van der Waals surface area contributed by atoms with Gasteiger partial charge in [-0.15, -0.1) is 0 Å². The molecule has 2 atom stereocenters. The summed E-state index contributed by atoms with van der Waals surface area (Å²) in [6.07, 6.45) is 3.70. The van der Waals surface area contributed by atoms with E-state index in [-0.39, 0.29) is 17.9 Å². The molecular formula is C24H26FN5OS. The Morgan fingerprint density at radius 1 is 1.03 bits per heavy atom. The van der Waals surface area contributed by atoms with Crippen molar-refractivity contribution < 1.29 is 9.13 Å². The number of halogens is 1. The summed E-state index contributed by atoms with van der Waals surface area (Å²) < 4.78 is 22.1. The van der Waals surface area contributed by atoms with Crippen molar-refractivity contribution in [2.45, 2.75) is 12.1 Å². The Bertz CT molecular complexity index is 1070. The molecule has 3 aromatic rings. The molecule has 0 amide bonds. The molecule has 0 radical (unpaired) electrons. The number of benzene rings is 1. The maximum Gasteiger partial charge on any atom is 0.170 e. The van der Waals surface area contributed by atoms with Gasteiger partial charge in [-0.3, -0.25) is 9.88 Å². The molecule has 8 heteroatoms. The molecule has 2 aliphatic rings. The number of hydrogen-bond acceptors (Lipinski definition) is 4. The van der Waals surface area contributed by atoms with E-state index in [2.05, 4.69) is 20.1 Å². The highest BCUT2D eigenvalue weighted by Crippen LogP contribution is 2.39. The lowest BCUT2D eigenvalue weighted by molar-refractivity contribution is 0.0349. The minimum absolute atomic E-state index is 0.118. The summed E-state index contributed by atoms with van der Waals surface area (Å²) in [6, 6.07) is 16.5. The van der Waals surface area contributed by atoms with Gasteiger partial charge in [0.1, 0.15) is 5.82 Å². The van der Waals surface area contributed by atoms with Crippen LogP contribution in [0.25, 0.3) is 5.69 Å². The Morgan fingerprint density at radius 2 is 1.84 bits per heavy atom. The number of ether oxygens (including phenoxy) is 1. The van der Waals surface area contributed by atoms with Crippen molar-refractivity contribution >= 4 is 17.3 Å². The van der Waals surface area contributed by atoms with Crippen LogP contribution in [0.3, 0.4) is 0 Å². The highest BCUT2D eigenvalue weighted by atomic mass is 32.1. The number of nitrogens with one attached hydrogen (secondary N) is 1. The number of hydrogen-bond donors (Lipinski definition) is 1. The Kier molecular flexibility index (Phi) is 6.16. The van der Waals surface area contributed by atoms with Crippen LogP contribution in [0.15, 0.2) is 67.0 Å². The Balaban J connectivity index is 1.51. The minimum atomic E-state index is -0.257. The standard InChI is InChI=1S/C24H26FN5OS/c25-18-6-1-2-8-20(18)29-11-5-9-21(29)23-22(19-7-3-4-10-26-19)27-24(32)30(23)13-12-28-14-16-31-17-15-28/h1-11,22-23H,12-17H2,(H,27,32). The molecular weight excluding hydrogens is 425 g/mol. The number of morpholine rings is 1. The number of thiocarbonyl (C=S) groups is 1. The lowest BCUT2D eigenvalue weighted by atomic mass is 10.0. The fraction of sp³-hybridized carbons (Fsp3) is 0.333. The maximum absolute atomic E-state index is 14.7. The van der Waals surface area contributed by atoms with Gasteiger partial charge in [-0.1, -0.05) is 18.2 Å². The average molecular weight is 452 g/mol. The van der Waals surface area contributed by atoms with E-state index in [0.29, 0.717) is 10.8 Å². The van der Waals surface area contributed by atoms with Crippen LogP contribution in [-0.2, 0) is 4.74 Å². The second-order valence-corrected chi connectivity index (χ2v) is 8.42. The van der Waals surface area contributed by atoms with E-state index in [1.54, 1.807) is 18.3 Å². The zero-order valence-electron chi connectivity index (χ0n) is 17.7. The second-order valence-electron chi connectivity index (χ2n) is 8.03. The molecule has 2 fully saturated rings. The molecule has 1 aromatic carbocycles. The van der Waals surface area contributed by atoms with Gasteiger partial charge in [0.2, 0.25) is 0 Å². The summed E-state index contributed by atoms with van der Waals surface area (Å²) in [5.74, 6) is -0.257. The van der Waals surface area contributed by atoms with Crippen LogP contribution in [0.1, 0.15) is 23.5 Å². The van der Waals surface area contributed by atoms with Crippen molar-refractivity contribution in [2.75, 3.05) is 39.4 Å². The van der Waals surface area contributed by atoms with Crippen LogP contribution in [0.5, 0.6) is 0 Å². The highest BCUT2D eigenvalue weighted by Gasteiger charge is 2.41. The van der Waals surface area contributed by atoms with E-state index in [1.165, 1.54) is 6.07 Å². The van der Waals surface area contributed by atoms with Crippen LogP contribution in [0.4, 0.5) is 4.39 Å². The van der Waals surface area contributed by atoms with Gasteiger partial charge in [-0.2, -0.15) is 0 Å². The Labute approximate surface area is 192 Å². The third-order valence-corrected chi connectivity index (χ3v) is 6.51. The van der Waals surface area contributed by atoms with Crippen LogP contribution < -0.4 is 5.32 Å². The number of rotatable bonds is 6. The number of nitrogens with zero attached hydrogens (tertiary/aromatic N) is 4. The predicted octanol–water partition coefficient (Wildman–Crippen LogP) is 3.32. The van der Waals surface area contributed by atoms with Gasteiger partial charge < -0.3 is 19.5 Å². The first-order valence-electron chi connectivity index (χ1n) is 10.9. The molecule has 6 nitrogen and oxygen atoms in total. The predicted molar refractivity (Wildman–Crippen MR) is 125 cm³/mol. The SMILES string of the molecule is Fc1ccccc1-n1cccc1C1C(c2ccccn2)NC(=S)N1CCN1CCOCC1. The summed E-state index contributed by atoms with van der Waals surface area (Å²) in [7, 11) is 0. The molecule has 166 valence electrons. The van der Waals surface area contributed by atoms with Crippen LogP contribution >= 0.6 is 12.2 Å². The number of para-hydroxylation sites is 1. The smallest absolute Gasteiger partial charge is 0.170 e. The van der Waals surface area contributed by atoms with E-state index in [9.17, 15) is 4.39 Å². The van der Waals surface area contributed by atoms with Crippen molar-refractivity contribution in [1.29, 1.82) is 0 Å². The van der Waals surface area contributed by atoms with Crippen LogP contribution in [0.2, 0.25) is 0 Å². The summed E-state index contributed by atoms with van der Waals surface area (Å²) in [5.41, 5.74) is 2.41. The maximum atomic E-state index is 14.7. The van der Waals surface area contributed by atoms with E-state index in [1.807, 2.05) is 47.2 Å². The largest absolute Gasteiger partial charge is 0.379 e. The molecule has 5 rings (SSSR count). The zero-order valence-corrected chi connectivity index (χ0v) is 18.5. The first kappa shape index (κ1) is 21.1. The Morgan fingerprint density at radius 3 is 2.62 bits per heavy atom. The molecule has 2 aliphatic heterocycles. The molecule has 2 aromatic heterocycles. The molecule has 0 bridgehead atoms. The van der Waals surface area contributed by atoms with Gasteiger partial charge in [0.25, 0.3) is 0 Å². The fourth-order valence-corrected chi connectivity index (χ4v) is 4.88. The number of aromatic nitrogens is 2. The van der Waals surface area contributed by atoms with Gasteiger partial charge in [-0.05, 0) is 48.6 Å². The van der Waals surface area contributed by atoms with Gasteiger partial charge in [0.15, 0.2) is 5.11 Å². The normalized spacial score (nSPS) is 21.7. The van der Waals surface area contributed by atoms with Crippen molar-refractivity contribution in [3.63, 3.8) is 0 Å². The van der Waals surface area contributed by atoms with Crippen molar-refractivity contribution in [2.24, 2.45) is 0 Å². The average Bonchev–Trinajstić information content (AvgIpc) is 3.43. The molecule has 0 spiro atoms. The van der Waals surface area contributed by atoms with Gasteiger partial charge in [-0.25, -0.2) is 4.39 Å². The molecule has 2 unspecified atom stereocenters.